The van der Waals surface area contributed by atoms with Crippen molar-refractivity contribution in [1.29, 1.82) is 0 Å². The zero-order valence-corrected chi connectivity index (χ0v) is 16.4. The first-order valence-electron chi connectivity index (χ1n) is 8.44. The lowest BCUT2D eigenvalue weighted by Gasteiger charge is -2.19. The van der Waals surface area contributed by atoms with Crippen LogP contribution in [0, 0.1) is 0 Å². The summed E-state index contributed by atoms with van der Waals surface area (Å²) in [4.78, 5) is 13.3. The van der Waals surface area contributed by atoms with Crippen molar-refractivity contribution in [3.63, 3.8) is 0 Å². The molecular formula is C21H26N2OS. The van der Waals surface area contributed by atoms with Gasteiger partial charge < -0.3 is 0 Å². The summed E-state index contributed by atoms with van der Waals surface area (Å²) in [5.74, 6) is -0.0977. The minimum atomic E-state index is -0.206. The monoisotopic (exact) mass is 354 g/mol. The van der Waals surface area contributed by atoms with Crippen molar-refractivity contribution in [2.75, 3.05) is 0 Å². The van der Waals surface area contributed by atoms with E-state index in [1.807, 2.05) is 56.3 Å². The number of nitrogens with one attached hydrogen (secondary N) is 1. The van der Waals surface area contributed by atoms with Gasteiger partial charge in [-0.2, -0.15) is 5.10 Å². The topological polar surface area (TPSA) is 41.5 Å². The molecule has 25 heavy (non-hydrogen) atoms. The molecule has 0 radical (unpaired) electrons. The maximum atomic E-state index is 12.2. The number of rotatable bonds is 5. The molecule has 0 heterocycles. The number of benzene rings is 2. The van der Waals surface area contributed by atoms with Crippen molar-refractivity contribution in [2.24, 2.45) is 5.10 Å². The van der Waals surface area contributed by atoms with E-state index < -0.39 is 0 Å². The number of carbonyl (C=O) groups excluding carboxylic acids is 1. The van der Waals surface area contributed by atoms with Gasteiger partial charge in [0.05, 0.1) is 11.0 Å². The average Bonchev–Trinajstić information content (AvgIpc) is 2.59. The lowest BCUT2D eigenvalue weighted by atomic mass is 9.86. The maximum absolute atomic E-state index is 12.2. The number of hydrogen-bond acceptors (Lipinski definition) is 3. The summed E-state index contributed by atoms with van der Waals surface area (Å²) < 4.78 is 0. The third-order valence-corrected chi connectivity index (χ3v) is 5.04. The van der Waals surface area contributed by atoms with Crippen LogP contribution in [-0.4, -0.2) is 16.9 Å². The van der Waals surface area contributed by atoms with E-state index in [4.69, 9.17) is 0 Å². The average molecular weight is 355 g/mol. The fourth-order valence-electron chi connectivity index (χ4n) is 2.26. The van der Waals surface area contributed by atoms with Crippen LogP contribution in [0.5, 0.6) is 0 Å². The largest absolute Gasteiger partial charge is 0.272 e. The Bertz CT molecular complexity index is 731. The summed E-state index contributed by atoms with van der Waals surface area (Å²) in [7, 11) is 0. The molecule has 1 amide bonds. The summed E-state index contributed by atoms with van der Waals surface area (Å²) >= 11 is 1.52. The molecule has 3 nitrogen and oxygen atoms in total. The van der Waals surface area contributed by atoms with E-state index in [1.54, 1.807) is 0 Å². The molecule has 0 saturated carbocycles. The minimum Gasteiger partial charge on any atom is -0.272 e. The Hall–Kier alpha value is -2.07. The predicted octanol–water partition coefficient (Wildman–Crippen LogP) is 5.01. The molecule has 1 N–H and O–H groups in total. The van der Waals surface area contributed by atoms with Crippen LogP contribution in [0.4, 0.5) is 0 Å². The molecule has 2 rings (SSSR count). The van der Waals surface area contributed by atoms with Gasteiger partial charge in [-0.15, -0.1) is 11.8 Å². The molecule has 132 valence electrons. The van der Waals surface area contributed by atoms with Crippen LogP contribution in [0.1, 0.15) is 45.7 Å². The van der Waals surface area contributed by atoms with Gasteiger partial charge in [-0.25, -0.2) is 5.43 Å². The number of hydrazone groups is 1. The standard InChI is InChI=1S/C21H26N2OS/c1-15(17-11-13-18(14-12-17)21(3,4)5)22-23-20(24)16(2)25-19-9-7-6-8-10-19/h6-14,16H,1-5H3,(H,23,24)/b22-15-/t16-/m0/s1. The molecule has 2 aromatic rings. The van der Waals surface area contributed by atoms with Crippen LogP contribution < -0.4 is 5.43 Å². The van der Waals surface area contributed by atoms with Crippen LogP contribution in [-0.2, 0) is 10.2 Å². The van der Waals surface area contributed by atoms with Gasteiger partial charge in [0.25, 0.3) is 5.91 Å². The highest BCUT2D eigenvalue weighted by atomic mass is 32.2. The first kappa shape index (κ1) is 19.3. The molecular weight excluding hydrogens is 328 g/mol. The fraction of sp³-hybridized carbons (Fsp3) is 0.333. The molecule has 0 spiro atoms. The van der Waals surface area contributed by atoms with Crippen molar-refractivity contribution in [3.8, 4) is 0 Å². The summed E-state index contributed by atoms with van der Waals surface area (Å²) in [5.41, 5.74) is 5.89. The van der Waals surface area contributed by atoms with E-state index in [9.17, 15) is 4.79 Å². The normalized spacial score (nSPS) is 13.4. The zero-order chi connectivity index (χ0) is 18.4. The molecule has 0 unspecified atom stereocenters. The van der Waals surface area contributed by atoms with Crippen LogP contribution in [0.25, 0.3) is 0 Å². The Kier molecular flexibility index (Phi) is 6.43. The summed E-state index contributed by atoms with van der Waals surface area (Å²) in [6, 6.07) is 18.2. The number of amides is 1. The lowest BCUT2D eigenvalue weighted by molar-refractivity contribution is -0.120. The van der Waals surface area contributed by atoms with Crippen LogP contribution in [0.3, 0.4) is 0 Å². The van der Waals surface area contributed by atoms with Gasteiger partial charge in [-0.1, -0.05) is 63.2 Å². The van der Waals surface area contributed by atoms with Gasteiger partial charge in [-0.3, -0.25) is 4.79 Å². The second-order valence-corrected chi connectivity index (χ2v) is 8.49. The smallest absolute Gasteiger partial charge is 0.253 e. The Balaban J connectivity index is 1.96. The zero-order valence-electron chi connectivity index (χ0n) is 15.5. The molecule has 4 heteroatoms. The van der Waals surface area contributed by atoms with Gasteiger partial charge in [-0.05, 0) is 42.5 Å². The molecule has 0 aliphatic carbocycles. The van der Waals surface area contributed by atoms with Gasteiger partial charge in [0.2, 0.25) is 0 Å². The predicted molar refractivity (Wildman–Crippen MR) is 107 cm³/mol. The Morgan fingerprint density at radius 3 is 2.20 bits per heavy atom. The first-order valence-corrected chi connectivity index (χ1v) is 9.32. The number of hydrogen-bond donors (Lipinski definition) is 1. The van der Waals surface area contributed by atoms with E-state index in [0.29, 0.717) is 0 Å². The summed E-state index contributed by atoms with van der Waals surface area (Å²) in [5, 5.41) is 4.05. The molecule has 0 aromatic heterocycles. The molecule has 0 saturated heterocycles. The summed E-state index contributed by atoms with van der Waals surface area (Å²) in [6.07, 6.45) is 0. The second kappa shape index (κ2) is 8.34. The van der Waals surface area contributed by atoms with Crippen LogP contribution in [0.2, 0.25) is 0 Å². The molecule has 0 bridgehead atoms. The molecule has 0 aliphatic rings. The van der Waals surface area contributed by atoms with Crippen molar-refractivity contribution in [1.82, 2.24) is 5.43 Å². The third-order valence-electron chi connectivity index (χ3n) is 3.93. The second-order valence-electron chi connectivity index (χ2n) is 7.07. The molecule has 2 aromatic carbocycles. The van der Waals surface area contributed by atoms with Gasteiger partial charge in [0.15, 0.2) is 0 Å². The summed E-state index contributed by atoms with van der Waals surface area (Å²) in [6.45, 7) is 10.4. The van der Waals surface area contributed by atoms with Crippen LogP contribution in [0.15, 0.2) is 64.6 Å². The first-order chi connectivity index (χ1) is 11.8. The number of carbonyl (C=O) groups is 1. The van der Waals surface area contributed by atoms with Crippen molar-refractivity contribution in [2.45, 2.75) is 50.2 Å². The highest BCUT2D eigenvalue weighted by molar-refractivity contribution is 8.00. The van der Waals surface area contributed by atoms with E-state index in [0.717, 1.165) is 16.2 Å². The minimum absolute atomic E-state index is 0.0977. The maximum Gasteiger partial charge on any atom is 0.253 e. The van der Waals surface area contributed by atoms with E-state index in [1.165, 1.54) is 17.3 Å². The molecule has 0 aliphatic heterocycles. The third kappa shape index (κ3) is 5.75. The SMILES string of the molecule is C/C(=N/NC(=O)[C@H](C)Sc1ccccc1)c1ccc(C(C)(C)C)cc1. The lowest BCUT2D eigenvalue weighted by Crippen LogP contribution is -2.27. The highest BCUT2D eigenvalue weighted by Crippen LogP contribution is 2.23. The van der Waals surface area contributed by atoms with Crippen molar-refractivity contribution in [3.05, 3.63) is 65.7 Å². The van der Waals surface area contributed by atoms with E-state index in [-0.39, 0.29) is 16.6 Å². The number of nitrogens with zero attached hydrogens (tertiary/aromatic N) is 1. The quantitative estimate of drug-likeness (QED) is 0.466. The Morgan fingerprint density at radius 2 is 1.64 bits per heavy atom. The van der Waals surface area contributed by atoms with Gasteiger partial charge in [0, 0.05) is 4.90 Å². The molecule has 0 fully saturated rings. The molecule has 1 atom stereocenters. The Morgan fingerprint density at radius 1 is 1.04 bits per heavy atom. The fourth-order valence-corrected chi connectivity index (χ4v) is 3.14. The van der Waals surface area contributed by atoms with Gasteiger partial charge >= 0.3 is 0 Å². The van der Waals surface area contributed by atoms with Crippen LogP contribution >= 0.6 is 11.8 Å². The van der Waals surface area contributed by atoms with E-state index >= 15 is 0 Å². The van der Waals surface area contributed by atoms with E-state index in [2.05, 4.69) is 43.4 Å². The van der Waals surface area contributed by atoms with Gasteiger partial charge in [0.1, 0.15) is 0 Å². The highest BCUT2D eigenvalue weighted by Gasteiger charge is 2.15. The van der Waals surface area contributed by atoms with Crippen molar-refractivity contribution < 1.29 is 4.79 Å². The number of thioether (sulfide) groups is 1. The van der Waals surface area contributed by atoms with Crippen molar-refractivity contribution >= 4 is 23.4 Å². The Labute approximate surface area is 154 Å².